The number of ketones is 1. The number of carbonyl (C=O) groups is 1. The van der Waals surface area contributed by atoms with Gasteiger partial charge in [0.25, 0.3) is 0 Å². The lowest BCUT2D eigenvalue weighted by Gasteiger charge is -2.17. The first kappa shape index (κ1) is 26.2. The van der Waals surface area contributed by atoms with Crippen molar-refractivity contribution in [2.75, 3.05) is 7.11 Å². The predicted molar refractivity (Wildman–Crippen MR) is 134 cm³/mol. The summed E-state index contributed by atoms with van der Waals surface area (Å²) in [4.78, 5) is 12.5. The Morgan fingerprint density at radius 3 is 2.37 bits per heavy atom. The molecule has 0 saturated heterocycles. The van der Waals surface area contributed by atoms with E-state index in [2.05, 4.69) is 18.6 Å². The van der Waals surface area contributed by atoms with Crippen LogP contribution in [0.1, 0.15) is 52.4 Å². The number of halogens is 3. The van der Waals surface area contributed by atoms with E-state index in [1.165, 1.54) is 30.3 Å². The Balaban J connectivity index is 1.76. The molecule has 0 aliphatic rings. The molecule has 0 atom stereocenters. The van der Waals surface area contributed by atoms with Crippen LogP contribution in [-0.2, 0) is 6.61 Å². The topological polar surface area (TPSA) is 44.8 Å². The smallest absolute Gasteiger partial charge is 0.387 e. The van der Waals surface area contributed by atoms with Crippen molar-refractivity contribution in [1.82, 2.24) is 0 Å². The Kier molecular flexibility index (Phi) is 8.88. The van der Waals surface area contributed by atoms with Gasteiger partial charge >= 0.3 is 6.61 Å². The van der Waals surface area contributed by atoms with Crippen LogP contribution >= 0.6 is 11.6 Å². The zero-order chi connectivity index (χ0) is 25.5. The van der Waals surface area contributed by atoms with Gasteiger partial charge in [0, 0.05) is 16.1 Å². The van der Waals surface area contributed by atoms with Gasteiger partial charge in [-0.2, -0.15) is 8.78 Å². The molecular weight excluding hydrogens is 474 g/mol. The summed E-state index contributed by atoms with van der Waals surface area (Å²) in [5.41, 5.74) is 3.91. The van der Waals surface area contributed by atoms with Crippen LogP contribution in [0.5, 0.6) is 17.2 Å². The van der Waals surface area contributed by atoms with Gasteiger partial charge in [-0.1, -0.05) is 37.6 Å². The number of methoxy groups -OCH3 is 1. The second-order valence-corrected chi connectivity index (χ2v) is 8.66. The molecule has 0 heterocycles. The van der Waals surface area contributed by atoms with E-state index in [4.69, 9.17) is 21.1 Å². The number of ether oxygens (including phenoxy) is 3. The number of hydrogen-bond donors (Lipinski definition) is 0. The first-order valence-electron chi connectivity index (χ1n) is 11.0. The summed E-state index contributed by atoms with van der Waals surface area (Å²) in [5.74, 6) is 1.40. The van der Waals surface area contributed by atoms with Gasteiger partial charge in [-0.3, -0.25) is 4.79 Å². The van der Waals surface area contributed by atoms with Crippen molar-refractivity contribution in [2.24, 2.45) is 0 Å². The number of allylic oxidation sites excluding steroid dienone is 1. The van der Waals surface area contributed by atoms with Crippen molar-refractivity contribution in [2.45, 2.75) is 39.9 Å². The molecule has 3 aromatic rings. The minimum Gasteiger partial charge on any atom is -0.496 e. The molecule has 0 amide bonds. The van der Waals surface area contributed by atoms with Crippen molar-refractivity contribution in [3.05, 3.63) is 93.5 Å². The van der Waals surface area contributed by atoms with Crippen LogP contribution in [0.4, 0.5) is 8.78 Å². The summed E-state index contributed by atoms with van der Waals surface area (Å²) >= 11 is 6.30. The lowest BCUT2D eigenvalue weighted by molar-refractivity contribution is -0.0498. The van der Waals surface area contributed by atoms with Crippen molar-refractivity contribution < 1.29 is 27.8 Å². The molecule has 0 N–H and O–H groups in total. The summed E-state index contributed by atoms with van der Waals surface area (Å²) in [5, 5.41) is 0.701. The SMILES string of the molecule is COc1ccc(/C=C/C(=O)c2ccc(OC(F)F)cc2)cc1COc1cc(C)c(Cl)cc1C(C)C. The third kappa shape index (κ3) is 7.06. The van der Waals surface area contributed by atoms with E-state index in [-0.39, 0.29) is 24.1 Å². The van der Waals surface area contributed by atoms with Gasteiger partial charge in [0.1, 0.15) is 23.9 Å². The van der Waals surface area contributed by atoms with E-state index in [9.17, 15) is 13.6 Å². The predicted octanol–water partition coefficient (Wildman–Crippen LogP) is 7.86. The number of aryl methyl sites for hydroxylation is 1. The Morgan fingerprint density at radius 1 is 1.03 bits per heavy atom. The first-order valence-corrected chi connectivity index (χ1v) is 11.4. The first-order chi connectivity index (χ1) is 16.7. The molecule has 0 bridgehead atoms. The quantitative estimate of drug-likeness (QED) is 0.210. The van der Waals surface area contributed by atoms with Gasteiger partial charge in [-0.05, 0) is 84.1 Å². The molecule has 0 radical (unpaired) electrons. The molecule has 0 aliphatic carbocycles. The van der Waals surface area contributed by atoms with E-state index in [0.717, 1.165) is 28.0 Å². The van der Waals surface area contributed by atoms with Crippen molar-refractivity contribution in [1.29, 1.82) is 0 Å². The number of rotatable bonds is 10. The average molecular weight is 501 g/mol. The molecule has 3 rings (SSSR count). The molecule has 0 unspecified atom stereocenters. The van der Waals surface area contributed by atoms with E-state index in [0.29, 0.717) is 16.3 Å². The highest BCUT2D eigenvalue weighted by molar-refractivity contribution is 6.31. The van der Waals surface area contributed by atoms with E-state index < -0.39 is 6.61 Å². The maximum atomic E-state index is 12.5. The summed E-state index contributed by atoms with van der Waals surface area (Å²) in [6.07, 6.45) is 3.11. The molecule has 7 heteroatoms. The second-order valence-electron chi connectivity index (χ2n) is 8.25. The van der Waals surface area contributed by atoms with Crippen LogP contribution in [0.15, 0.2) is 60.7 Å². The fourth-order valence-corrected chi connectivity index (χ4v) is 3.66. The van der Waals surface area contributed by atoms with E-state index in [1.54, 1.807) is 13.2 Å². The third-order valence-electron chi connectivity index (χ3n) is 5.39. The van der Waals surface area contributed by atoms with E-state index in [1.807, 2.05) is 37.3 Å². The van der Waals surface area contributed by atoms with Crippen molar-refractivity contribution in [3.8, 4) is 17.2 Å². The molecule has 0 aliphatic heterocycles. The van der Waals surface area contributed by atoms with Crippen LogP contribution in [0, 0.1) is 6.92 Å². The largest absolute Gasteiger partial charge is 0.496 e. The highest BCUT2D eigenvalue weighted by Gasteiger charge is 2.13. The normalized spacial score (nSPS) is 11.3. The van der Waals surface area contributed by atoms with Crippen LogP contribution in [0.3, 0.4) is 0 Å². The summed E-state index contributed by atoms with van der Waals surface area (Å²) in [6, 6.07) is 15.0. The second kappa shape index (κ2) is 11.8. The highest BCUT2D eigenvalue weighted by Crippen LogP contribution is 2.33. The molecular formula is C28H27ClF2O4. The zero-order valence-electron chi connectivity index (χ0n) is 20.0. The summed E-state index contributed by atoms with van der Waals surface area (Å²) in [7, 11) is 1.59. The van der Waals surface area contributed by atoms with Crippen LogP contribution < -0.4 is 14.2 Å². The van der Waals surface area contributed by atoms with Gasteiger partial charge in [0.2, 0.25) is 0 Å². The zero-order valence-corrected chi connectivity index (χ0v) is 20.7. The Hall–Kier alpha value is -3.38. The number of carbonyl (C=O) groups excluding carboxylic acids is 1. The lowest BCUT2D eigenvalue weighted by Crippen LogP contribution is -2.03. The fraction of sp³-hybridized carbons (Fsp3) is 0.250. The molecule has 0 fully saturated rings. The molecule has 0 spiro atoms. The molecule has 0 saturated carbocycles. The van der Waals surface area contributed by atoms with Gasteiger partial charge in [-0.25, -0.2) is 0 Å². The minimum absolute atomic E-state index is 0.00293. The Bertz CT molecular complexity index is 1200. The van der Waals surface area contributed by atoms with Gasteiger partial charge in [0.15, 0.2) is 5.78 Å². The molecule has 3 aromatic carbocycles. The lowest BCUT2D eigenvalue weighted by atomic mass is 10.0. The van der Waals surface area contributed by atoms with Gasteiger partial charge in [-0.15, -0.1) is 0 Å². The minimum atomic E-state index is -2.91. The number of benzene rings is 3. The fourth-order valence-electron chi connectivity index (χ4n) is 3.49. The monoisotopic (exact) mass is 500 g/mol. The Labute approximate surface area is 209 Å². The third-order valence-corrected chi connectivity index (χ3v) is 5.80. The standard InChI is InChI=1S/C28H27ClF2O4/c1-17(2)23-15-24(29)18(3)13-27(23)34-16-21-14-19(6-12-26(21)33-4)5-11-25(32)20-7-9-22(10-8-20)35-28(30)31/h5-15,17,28H,16H2,1-4H3/b11-5+. The maximum Gasteiger partial charge on any atom is 0.387 e. The van der Waals surface area contributed by atoms with Crippen LogP contribution in [0.2, 0.25) is 5.02 Å². The van der Waals surface area contributed by atoms with Crippen LogP contribution in [0.25, 0.3) is 6.08 Å². The summed E-state index contributed by atoms with van der Waals surface area (Å²) in [6.45, 7) is 3.45. The van der Waals surface area contributed by atoms with Gasteiger partial charge in [0.05, 0.1) is 7.11 Å². The molecule has 35 heavy (non-hydrogen) atoms. The highest BCUT2D eigenvalue weighted by atomic mass is 35.5. The molecule has 4 nitrogen and oxygen atoms in total. The van der Waals surface area contributed by atoms with Gasteiger partial charge < -0.3 is 14.2 Å². The summed E-state index contributed by atoms with van der Waals surface area (Å²) < 4.78 is 40.5. The molecule has 184 valence electrons. The maximum absolute atomic E-state index is 12.5. The number of hydrogen-bond acceptors (Lipinski definition) is 4. The number of alkyl halides is 2. The van der Waals surface area contributed by atoms with Crippen LogP contribution in [-0.4, -0.2) is 19.5 Å². The van der Waals surface area contributed by atoms with Crippen molar-refractivity contribution >= 4 is 23.5 Å². The average Bonchev–Trinajstić information content (AvgIpc) is 2.83. The van der Waals surface area contributed by atoms with Crippen molar-refractivity contribution in [3.63, 3.8) is 0 Å². The van der Waals surface area contributed by atoms with E-state index >= 15 is 0 Å². The molecule has 0 aromatic heterocycles. The Morgan fingerprint density at radius 2 is 1.74 bits per heavy atom.